The van der Waals surface area contributed by atoms with E-state index in [0.29, 0.717) is 0 Å². The van der Waals surface area contributed by atoms with Crippen LogP contribution in [0.2, 0.25) is 0 Å². The summed E-state index contributed by atoms with van der Waals surface area (Å²) in [6.07, 6.45) is 7.25. The molecule has 1 aliphatic heterocycles. The second-order valence-electron chi connectivity index (χ2n) is 5.20. The van der Waals surface area contributed by atoms with Gasteiger partial charge >= 0.3 is 0 Å². The van der Waals surface area contributed by atoms with Crippen LogP contribution in [0.1, 0.15) is 25.1 Å². The fourth-order valence-electron chi connectivity index (χ4n) is 2.82. The highest BCUT2D eigenvalue weighted by Crippen LogP contribution is 2.25. The monoisotopic (exact) mass is 260 g/mol. The van der Waals surface area contributed by atoms with Crippen molar-refractivity contribution in [1.29, 1.82) is 0 Å². The van der Waals surface area contributed by atoms with Crippen molar-refractivity contribution in [3.8, 4) is 0 Å². The van der Waals surface area contributed by atoms with Crippen LogP contribution >= 0.6 is 0 Å². The smallest absolute Gasteiger partial charge is 0.203 e. The average Bonchev–Trinajstić information content (AvgIpc) is 2.82. The highest BCUT2D eigenvalue weighted by Gasteiger charge is 2.22. The molecule has 1 saturated heterocycles. The minimum Gasteiger partial charge on any atom is -0.353 e. The molecule has 19 heavy (non-hydrogen) atoms. The molecule has 0 saturated carbocycles. The van der Waals surface area contributed by atoms with E-state index >= 15 is 0 Å². The highest BCUT2D eigenvalue weighted by molar-refractivity contribution is 5.63. The molecule has 6 nitrogen and oxygen atoms in total. The van der Waals surface area contributed by atoms with E-state index in [9.17, 15) is 0 Å². The topological polar surface area (TPSA) is 72.3 Å². The summed E-state index contributed by atoms with van der Waals surface area (Å²) in [5.74, 6) is 2.62. The molecule has 3 heterocycles. The summed E-state index contributed by atoms with van der Waals surface area (Å²) in [5, 5.41) is 8.36. The number of nitrogens with zero attached hydrogens (tertiary/aromatic N) is 5. The second-order valence-corrected chi connectivity index (χ2v) is 5.20. The van der Waals surface area contributed by atoms with Crippen LogP contribution in [0.3, 0.4) is 0 Å². The summed E-state index contributed by atoms with van der Waals surface area (Å²) in [5.41, 5.74) is 6.49. The Kier molecular flexibility index (Phi) is 3.33. The van der Waals surface area contributed by atoms with Crippen LogP contribution < -0.4 is 10.6 Å². The third-order valence-electron chi connectivity index (χ3n) is 3.97. The summed E-state index contributed by atoms with van der Waals surface area (Å²) in [4.78, 5) is 6.81. The van der Waals surface area contributed by atoms with Gasteiger partial charge in [0.15, 0.2) is 5.82 Å². The SMILES string of the molecule is Cc1nnc2c(N3CCC(CCN)CC3)nccn12. The van der Waals surface area contributed by atoms with E-state index in [4.69, 9.17) is 5.73 Å². The Balaban J connectivity index is 1.82. The second kappa shape index (κ2) is 5.13. The van der Waals surface area contributed by atoms with Gasteiger partial charge in [-0.3, -0.25) is 4.40 Å². The zero-order valence-corrected chi connectivity index (χ0v) is 11.3. The third kappa shape index (κ3) is 2.28. The van der Waals surface area contributed by atoms with E-state index < -0.39 is 0 Å². The van der Waals surface area contributed by atoms with Crippen molar-refractivity contribution < 1.29 is 0 Å². The molecule has 0 aliphatic carbocycles. The van der Waals surface area contributed by atoms with Gasteiger partial charge in [-0.2, -0.15) is 0 Å². The molecule has 2 aromatic heterocycles. The highest BCUT2D eigenvalue weighted by atomic mass is 15.3. The molecule has 1 fully saturated rings. The van der Waals surface area contributed by atoms with Crippen LogP contribution in [0.25, 0.3) is 5.65 Å². The fourth-order valence-corrected chi connectivity index (χ4v) is 2.82. The lowest BCUT2D eigenvalue weighted by Crippen LogP contribution is -2.35. The Morgan fingerprint density at radius 2 is 2.11 bits per heavy atom. The molecule has 2 N–H and O–H groups in total. The standard InChI is InChI=1S/C13H20N6/c1-10-16-17-13-12(15-6-9-19(10)13)18-7-3-11(2-5-14)4-8-18/h6,9,11H,2-5,7-8,14H2,1H3. The van der Waals surface area contributed by atoms with Gasteiger partial charge < -0.3 is 10.6 Å². The molecule has 3 rings (SSSR count). The summed E-state index contributed by atoms with van der Waals surface area (Å²) in [6.45, 7) is 4.81. The number of nitrogens with two attached hydrogens (primary N) is 1. The molecular formula is C13H20N6. The van der Waals surface area contributed by atoms with Crippen molar-refractivity contribution in [1.82, 2.24) is 19.6 Å². The molecule has 0 amide bonds. The predicted molar refractivity (Wildman–Crippen MR) is 74.1 cm³/mol. The lowest BCUT2D eigenvalue weighted by molar-refractivity contribution is 0.385. The quantitative estimate of drug-likeness (QED) is 0.891. The number of fused-ring (bicyclic) bond motifs is 1. The first-order valence-electron chi connectivity index (χ1n) is 6.91. The number of piperidine rings is 1. The van der Waals surface area contributed by atoms with Gasteiger partial charge in [-0.05, 0) is 38.6 Å². The van der Waals surface area contributed by atoms with Gasteiger partial charge in [0.1, 0.15) is 5.82 Å². The maximum Gasteiger partial charge on any atom is 0.203 e. The lowest BCUT2D eigenvalue weighted by Gasteiger charge is -2.32. The van der Waals surface area contributed by atoms with Gasteiger partial charge in [0.05, 0.1) is 0 Å². The minimum absolute atomic E-state index is 0.764. The molecule has 2 aromatic rings. The van der Waals surface area contributed by atoms with E-state index in [1.807, 2.05) is 23.7 Å². The van der Waals surface area contributed by atoms with Crippen LogP contribution in [0.15, 0.2) is 12.4 Å². The number of aryl methyl sites for hydroxylation is 1. The van der Waals surface area contributed by atoms with Gasteiger partial charge in [0.25, 0.3) is 0 Å². The summed E-state index contributed by atoms with van der Waals surface area (Å²) < 4.78 is 1.99. The first kappa shape index (κ1) is 12.3. The largest absolute Gasteiger partial charge is 0.353 e. The first-order chi connectivity index (χ1) is 9.29. The Morgan fingerprint density at radius 3 is 2.84 bits per heavy atom. The maximum atomic E-state index is 5.63. The molecule has 6 heteroatoms. The van der Waals surface area contributed by atoms with Gasteiger partial charge in [0, 0.05) is 25.5 Å². The number of anilines is 1. The van der Waals surface area contributed by atoms with Crippen LogP contribution in [-0.2, 0) is 0 Å². The van der Waals surface area contributed by atoms with E-state index in [1.54, 1.807) is 0 Å². The van der Waals surface area contributed by atoms with Crippen LogP contribution in [0.4, 0.5) is 5.82 Å². The maximum absolute atomic E-state index is 5.63. The van der Waals surface area contributed by atoms with Crippen molar-refractivity contribution in [2.75, 3.05) is 24.5 Å². The molecular weight excluding hydrogens is 240 g/mol. The van der Waals surface area contributed by atoms with E-state index in [2.05, 4.69) is 20.1 Å². The molecule has 0 atom stereocenters. The van der Waals surface area contributed by atoms with Crippen LogP contribution in [0, 0.1) is 12.8 Å². The van der Waals surface area contributed by atoms with Crippen molar-refractivity contribution in [3.63, 3.8) is 0 Å². The molecule has 1 aliphatic rings. The van der Waals surface area contributed by atoms with Crippen molar-refractivity contribution in [3.05, 3.63) is 18.2 Å². The average molecular weight is 260 g/mol. The molecule has 0 aromatic carbocycles. The lowest BCUT2D eigenvalue weighted by atomic mass is 9.94. The Labute approximate surface area is 112 Å². The molecule has 0 radical (unpaired) electrons. The molecule has 0 unspecified atom stereocenters. The van der Waals surface area contributed by atoms with E-state index in [0.717, 1.165) is 49.3 Å². The Morgan fingerprint density at radius 1 is 1.32 bits per heavy atom. The molecule has 0 spiro atoms. The summed E-state index contributed by atoms with van der Waals surface area (Å²) in [6, 6.07) is 0. The van der Waals surface area contributed by atoms with E-state index in [-0.39, 0.29) is 0 Å². The zero-order chi connectivity index (χ0) is 13.2. The minimum atomic E-state index is 0.764. The summed E-state index contributed by atoms with van der Waals surface area (Å²) in [7, 11) is 0. The van der Waals surface area contributed by atoms with Gasteiger partial charge in [-0.25, -0.2) is 4.98 Å². The predicted octanol–water partition coefficient (Wildman–Crippen LogP) is 0.998. The number of hydrogen-bond donors (Lipinski definition) is 1. The third-order valence-corrected chi connectivity index (χ3v) is 3.97. The zero-order valence-electron chi connectivity index (χ0n) is 11.3. The summed E-state index contributed by atoms with van der Waals surface area (Å²) >= 11 is 0. The van der Waals surface area contributed by atoms with Crippen molar-refractivity contribution >= 4 is 11.5 Å². The Bertz CT molecular complexity index is 555. The van der Waals surface area contributed by atoms with Crippen molar-refractivity contribution in [2.24, 2.45) is 11.7 Å². The van der Waals surface area contributed by atoms with Gasteiger partial charge in [-0.15, -0.1) is 10.2 Å². The van der Waals surface area contributed by atoms with Gasteiger partial charge in [0.2, 0.25) is 5.65 Å². The Hall–Kier alpha value is -1.69. The normalized spacial score (nSPS) is 17.3. The number of hydrogen-bond acceptors (Lipinski definition) is 5. The van der Waals surface area contributed by atoms with Gasteiger partial charge in [-0.1, -0.05) is 0 Å². The number of rotatable bonds is 3. The first-order valence-corrected chi connectivity index (χ1v) is 6.91. The molecule has 102 valence electrons. The van der Waals surface area contributed by atoms with Crippen molar-refractivity contribution in [2.45, 2.75) is 26.2 Å². The van der Waals surface area contributed by atoms with Crippen LogP contribution in [-0.4, -0.2) is 39.2 Å². The van der Waals surface area contributed by atoms with E-state index in [1.165, 1.54) is 12.8 Å². The number of aromatic nitrogens is 4. The van der Waals surface area contributed by atoms with Crippen LogP contribution in [0.5, 0.6) is 0 Å². The fraction of sp³-hybridized carbons (Fsp3) is 0.615. The molecule has 0 bridgehead atoms.